The van der Waals surface area contributed by atoms with Crippen LogP contribution in [0.15, 0.2) is 0 Å². The van der Waals surface area contributed by atoms with Crippen LogP contribution in [0.5, 0.6) is 0 Å². The second-order valence-corrected chi connectivity index (χ2v) is 5.84. The minimum Gasteiger partial charge on any atom is -0.481 e. The Bertz CT molecular complexity index is 422. The lowest BCUT2D eigenvalue weighted by Crippen LogP contribution is -2.45. The van der Waals surface area contributed by atoms with Gasteiger partial charge in [-0.3, -0.25) is 9.59 Å². The maximum absolute atomic E-state index is 12.6. The van der Waals surface area contributed by atoms with Crippen LogP contribution in [0.3, 0.4) is 0 Å². The molecule has 4 atom stereocenters. The number of ether oxygens (including phenoxy) is 1. The number of aliphatic carboxylic acids is 1. The largest absolute Gasteiger partial charge is 0.481 e. The highest BCUT2D eigenvalue weighted by Gasteiger charge is 2.46. The molecule has 0 aromatic carbocycles. The molecule has 1 saturated heterocycles. The smallest absolute Gasteiger partial charge is 0.328 e. The lowest BCUT2D eigenvalue weighted by molar-refractivity contribution is -0.155. The molecule has 1 amide bonds. The summed E-state index contributed by atoms with van der Waals surface area (Å²) in [5.74, 6) is -2.43. The quantitative estimate of drug-likeness (QED) is 0.778. The van der Waals surface area contributed by atoms with Gasteiger partial charge in [0.2, 0.25) is 5.91 Å². The van der Waals surface area contributed by atoms with Gasteiger partial charge in [-0.25, -0.2) is 4.79 Å². The zero-order valence-electron chi connectivity index (χ0n) is 11.9. The summed E-state index contributed by atoms with van der Waals surface area (Å²) in [5.41, 5.74) is 0. The first-order chi connectivity index (χ1) is 9.45. The molecule has 112 valence electrons. The minimum atomic E-state index is -0.915. The summed E-state index contributed by atoms with van der Waals surface area (Å²) in [7, 11) is 1.31. The molecule has 0 bridgehead atoms. The molecule has 1 N–H and O–H groups in total. The molecule has 2 unspecified atom stereocenters. The Morgan fingerprint density at radius 3 is 2.45 bits per heavy atom. The molecule has 20 heavy (non-hydrogen) atoms. The van der Waals surface area contributed by atoms with E-state index in [4.69, 9.17) is 4.74 Å². The molecule has 6 nitrogen and oxygen atoms in total. The Balaban J connectivity index is 2.13. The molecular weight excluding hydrogens is 262 g/mol. The van der Waals surface area contributed by atoms with Gasteiger partial charge in [0.05, 0.1) is 18.9 Å². The van der Waals surface area contributed by atoms with E-state index in [1.807, 2.05) is 6.92 Å². The predicted octanol–water partition coefficient (Wildman–Crippen LogP) is 0.897. The van der Waals surface area contributed by atoms with Gasteiger partial charge in [0.25, 0.3) is 0 Å². The Morgan fingerprint density at radius 1 is 1.20 bits per heavy atom. The van der Waals surface area contributed by atoms with Crippen LogP contribution in [0.4, 0.5) is 0 Å². The van der Waals surface area contributed by atoms with Gasteiger partial charge in [0, 0.05) is 6.54 Å². The van der Waals surface area contributed by atoms with Gasteiger partial charge in [-0.1, -0.05) is 6.92 Å². The van der Waals surface area contributed by atoms with Crippen molar-refractivity contribution in [1.29, 1.82) is 0 Å². The topological polar surface area (TPSA) is 83.9 Å². The number of hydrogen-bond acceptors (Lipinski definition) is 4. The Labute approximate surface area is 118 Å². The van der Waals surface area contributed by atoms with E-state index in [-0.39, 0.29) is 11.8 Å². The van der Waals surface area contributed by atoms with Crippen molar-refractivity contribution in [1.82, 2.24) is 4.90 Å². The van der Waals surface area contributed by atoms with Crippen LogP contribution in [0, 0.1) is 17.8 Å². The number of carboxylic acid groups (broad SMARTS) is 1. The van der Waals surface area contributed by atoms with Crippen molar-refractivity contribution in [2.24, 2.45) is 17.8 Å². The third-order valence-electron chi connectivity index (χ3n) is 4.44. The first-order valence-electron chi connectivity index (χ1n) is 7.06. The van der Waals surface area contributed by atoms with E-state index in [2.05, 4.69) is 0 Å². The second-order valence-electron chi connectivity index (χ2n) is 5.84. The van der Waals surface area contributed by atoms with Crippen LogP contribution in [0.25, 0.3) is 0 Å². The number of carbonyl (C=O) groups is 3. The normalized spacial score (nSPS) is 33.2. The maximum atomic E-state index is 12.6. The number of likely N-dealkylation sites (tertiary alicyclic amines) is 1. The highest BCUT2D eigenvalue weighted by atomic mass is 16.5. The average molecular weight is 283 g/mol. The fourth-order valence-electron chi connectivity index (χ4n) is 3.46. The minimum absolute atomic E-state index is 0.199. The van der Waals surface area contributed by atoms with E-state index in [0.29, 0.717) is 25.8 Å². The molecule has 1 aliphatic carbocycles. The number of esters is 1. The predicted molar refractivity (Wildman–Crippen MR) is 69.8 cm³/mol. The molecule has 2 rings (SSSR count). The Hall–Kier alpha value is -1.59. The summed E-state index contributed by atoms with van der Waals surface area (Å²) in [6, 6.07) is -0.544. The molecule has 0 spiro atoms. The Kier molecular flexibility index (Phi) is 4.30. The maximum Gasteiger partial charge on any atom is 0.328 e. The summed E-state index contributed by atoms with van der Waals surface area (Å²) in [6.07, 6.45) is 2.46. The Morgan fingerprint density at radius 2 is 1.85 bits per heavy atom. The number of amides is 1. The summed E-state index contributed by atoms with van der Waals surface area (Å²) < 4.78 is 4.72. The van der Waals surface area contributed by atoms with Gasteiger partial charge in [0.1, 0.15) is 6.04 Å². The van der Waals surface area contributed by atoms with Gasteiger partial charge in [-0.15, -0.1) is 0 Å². The van der Waals surface area contributed by atoms with Gasteiger partial charge in [-0.2, -0.15) is 0 Å². The van der Waals surface area contributed by atoms with Gasteiger partial charge in [0.15, 0.2) is 0 Å². The van der Waals surface area contributed by atoms with Crippen molar-refractivity contribution >= 4 is 17.8 Å². The van der Waals surface area contributed by atoms with E-state index in [0.717, 1.165) is 6.42 Å². The third-order valence-corrected chi connectivity index (χ3v) is 4.44. The average Bonchev–Trinajstić information content (AvgIpc) is 3.03. The van der Waals surface area contributed by atoms with Gasteiger partial charge < -0.3 is 14.7 Å². The van der Waals surface area contributed by atoms with Crippen LogP contribution >= 0.6 is 0 Å². The number of rotatable bonds is 3. The number of methoxy groups -OCH3 is 1. The summed E-state index contributed by atoms with van der Waals surface area (Å²) in [5, 5.41) is 9.25. The molecule has 2 aliphatic rings. The van der Waals surface area contributed by atoms with E-state index in [9.17, 15) is 19.5 Å². The van der Waals surface area contributed by atoms with Crippen LogP contribution in [-0.4, -0.2) is 47.5 Å². The van der Waals surface area contributed by atoms with Gasteiger partial charge in [-0.05, 0) is 31.6 Å². The number of nitrogens with zero attached hydrogens (tertiary/aromatic N) is 1. The van der Waals surface area contributed by atoms with E-state index >= 15 is 0 Å². The fraction of sp³-hybridized carbons (Fsp3) is 0.786. The van der Waals surface area contributed by atoms with E-state index < -0.39 is 29.8 Å². The first kappa shape index (κ1) is 14.8. The van der Waals surface area contributed by atoms with Crippen LogP contribution < -0.4 is 0 Å². The highest BCUT2D eigenvalue weighted by Crippen LogP contribution is 2.38. The molecule has 0 aromatic heterocycles. The summed E-state index contributed by atoms with van der Waals surface area (Å²) >= 11 is 0. The van der Waals surface area contributed by atoms with E-state index in [1.165, 1.54) is 12.0 Å². The SMILES string of the molecule is COC(=O)C1CCCN1C(=O)[C@H]1CC(C)C[C@H]1C(=O)O. The lowest BCUT2D eigenvalue weighted by atomic mass is 9.94. The highest BCUT2D eigenvalue weighted by molar-refractivity contribution is 5.89. The summed E-state index contributed by atoms with van der Waals surface area (Å²) in [4.78, 5) is 37.1. The van der Waals surface area contributed by atoms with Crippen molar-refractivity contribution in [3.63, 3.8) is 0 Å². The molecule has 0 aromatic rings. The number of carboxylic acids is 1. The van der Waals surface area contributed by atoms with E-state index in [1.54, 1.807) is 0 Å². The molecule has 1 aliphatic heterocycles. The van der Waals surface area contributed by atoms with Gasteiger partial charge >= 0.3 is 11.9 Å². The fourth-order valence-corrected chi connectivity index (χ4v) is 3.46. The standard InChI is InChI=1S/C14H21NO5/c1-8-6-9(10(7-8)13(17)18)12(16)15-5-3-4-11(15)14(19)20-2/h8-11H,3-7H2,1-2H3,(H,17,18)/t8?,9-,10+,11?/m0/s1. The number of carbonyl (C=O) groups excluding carboxylic acids is 2. The zero-order chi connectivity index (χ0) is 14.9. The molecule has 1 saturated carbocycles. The van der Waals surface area contributed by atoms with Crippen LogP contribution in [-0.2, 0) is 19.1 Å². The van der Waals surface area contributed by atoms with Crippen molar-refractivity contribution in [3.05, 3.63) is 0 Å². The molecule has 6 heteroatoms. The molecule has 1 heterocycles. The van der Waals surface area contributed by atoms with Crippen LogP contribution in [0.1, 0.15) is 32.6 Å². The zero-order valence-corrected chi connectivity index (χ0v) is 11.9. The van der Waals surface area contributed by atoms with Crippen molar-refractivity contribution < 1.29 is 24.2 Å². The lowest BCUT2D eigenvalue weighted by Gasteiger charge is -2.27. The second kappa shape index (κ2) is 5.81. The third kappa shape index (κ3) is 2.64. The van der Waals surface area contributed by atoms with Crippen LogP contribution in [0.2, 0.25) is 0 Å². The first-order valence-corrected chi connectivity index (χ1v) is 7.06. The molecule has 2 fully saturated rings. The van der Waals surface area contributed by atoms with Crippen molar-refractivity contribution in [3.8, 4) is 0 Å². The van der Waals surface area contributed by atoms with Crippen molar-refractivity contribution in [2.45, 2.75) is 38.6 Å². The molecule has 0 radical (unpaired) electrons. The monoisotopic (exact) mass is 283 g/mol. The summed E-state index contributed by atoms with van der Waals surface area (Å²) in [6.45, 7) is 2.47. The molecular formula is C14H21NO5. The van der Waals surface area contributed by atoms with Crippen molar-refractivity contribution in [2.75, 3.05) is 13.7 Å². The number of hydrogen-bond donors (Lipinski definition) is 1.